The van der Waals surface area contributed by atoms with Crippen LogP contribution in [-0.2, 0) is 0 Å². The predicted octanol–water partition coefficient (Wildman–Crippen LogP) is 4.15. The number of aromatic hydroxyl groups is 1. The molecule has 0 saturated carbocycles. The molecule has 31 heavy (non-hydrogen) atoms. The van der Waals surface area contributed by atoms with Crippen LogP contribution in [0.3, 0.4) is 0 Å². The molecule has 0 unspecified atom stereocenters. The van der Waals surface area contributed by atoms with Gasteiger partial charge in [-0.05, 0) is 56.2 Å². The smallest absolute Gasteiger partial charge is 0.253 e. The van der Waals surface area contributed by atoms with E-state index in [1.54, 1.807) is 11.0 Å². The fourth-order valence-electron chi connectivity index (χ4n) is 4.45. The Hall–Kier alpha value is -2.63. The lowest BCUT2D eigenvalue weighted by Gasteiger charge is -2.47. The Balaban J connectivity index is 1.96. The number of phenolic OH excluding ortho intramolecular Hbond substituents is 1. The number of piperazine rings is 1. The van der Waals surface area contributed by atoms with Gasteiger partial charge >= 0.3 is 0 Å². The lowest BCUT2D eigenvalue weighted by atomic mass is 9.92. The third-order valence-electron chi connectivity index (χ3n) is 6.34. The third kappa shape index (κ3) is 5.17. The minimum Gasteiger partial charge on any atom is -0.508 e. The van der Waals surface area contributed by atoms with Crippen LogP contribution in [-0.4, -0.2) is 71.0 Å². The molecule has 1 saturated heterocycles. The Morgan fingerprint density at radius 3 is 2.48 bits per heavy atom. The predicted molar refractivity (Wildman–Crippen MR) is 126 cm³/mol. The van der Waals surface area contributed by atoms with Gasteiger partial charge in [-0.3, -0.25) is 14.6 Å². The van der Waals surface area contributed by atoms with Gasteiger partial charge in [0.15, 0.2) is 0 Å². The van der Waals surface area contributed by atoms with E-state index in [9.17, 15) is 9.90 Å². The summed E-state index contributed by atoms with van der Waals surface area (Å²) in [4.78, 5) is 19.2. The Morgan fingerprint density at radius 2 is 1.87 bits per heavy atom. The molecule has 0 aromatic heterocycles. The van der Waals surface area contributed by atoms with Gasteiger partial charge in [0.05, 0.1) is 6.04 Å². The monoisotopic (exact) mass is 421 g/mol. The molecule has 0 bridgehead atoms. The first-order valence-corrected chi connectivity index (χ1v) is 11.1. The van der Waals surface area contributed by atoms with Crippen molar-refractivity contribution < 1.29 is 9.90 Å². The van der Waals surface area contributed by atoms with E-state index >= 15 is 0 Å². The summed E-state index contributed by atoms with van der Waals surface area (Å²) in [6.45, 7) is 13.8. The second-order valence-corrected chi connectivity index (χ2v) is 8.58. The molecule has 1 N–H and O–H groups in total. The highest BCUT2D eigenvalue weighted by Gasteiger charge is 2.34. The number of phenols is 1. The Labute approximate surface area is 186 Å². The van der Waals surface area contributed by atoms with E-state index < -0.39 is 0 Å². The normalized spacial score (nSPS) is 20.9. The van der Waals surface area contributed by atoms with Crippen molar-refractivity contribution in [3.8, 4) is 5.75 Å². The quantitative estimate of drug-likeness (QED) is 0.682. The molecule has 0 radical (unpaired) electrons. The van der Waals surface area contributed by atoms with E-state index in [4.69, 9.17) is 0 Å². The number of rotatable bonds is 7. The molecule has 5 nitrogen and oxygen atoms in total. The topological polar surface area (TPSA) is 47.0 Å². The highest BCUT2D eigenvalue weighted by molar-refractivity contribution is 5.94. The van der Waals surface area contributed by atoms with Crippen LogP contribution in [0.25, 0.3) is 0 Å². The molecule has 2 aromatic rings. The van der Waals surface area contributed by atoms with E-state index in [0.29, 0.717) is 24.2 Å². The number of benzene rings is 2. The Bertz CT molecular complexity index is 896. The molecule has 1 aliphatic heterocycles. The summed E-state index contributed by atoms with van der Waals surface area (Å²) in [5, 5.41) is 10.2. The number of nitrogens with zero attached hydrogens (tertiary/aromatic N) is 3. The van der Waals surface area contributed by atoms with Gasteiger partial charge < -0.3 is 10.0 Å². The Morgan fingerprint density at radius 1 is 1.16 bits per heavy atom. The molecular weight excluding hydrogens is 386 g/mol. The van der Waals surface area contributed by atoms with E-state index in [2.05, 4.69) is 48.4 Å². The number of carbonyl (C=O) groups excluding carboxylic acids is 1. The SMILES string of the molecule is C=CCN1C[C@H](C)N([C@H](c2ccc(C(=O)N(C)CC)cc2)c2cccc(O)c2)C[C@@H]1C. The van der Waals surface area contributed by atoms with Crippen molar-refractivity contribution >= 4 is 5.91 Å². The highest BCUT2D eigenvalue weighted by Crippen LogP contribution is 2.34. The zero-order valence-electron chi connectivity index (χ0n) is 19.2. The number of amides is 1. The molecule has 5 heteroatoms. The van der Waals surface area contributed by atoms with Gasteiger partial charge in [0.2, 0.25) is 0 Å². The average Bonchev–Trinajstić information content (AvgIpc) is 2.77. The summed E-state index contributed by atoms with van der Waals surface area (Å²) in [5.74, 6) is 0.299. The third-order valence-corrected chi connectivity index (χ3v) is 6.34. The van der Waals surface area contributed by atoms with Crippen molar-refractivity contribution in [1.82, 2.24) is 14.7 Å². The van der Waals surface area contributed by atoms with Crippen molar-refractivity contribution in [3.05, 3.63) is 77.9 Å². The molecule has 1 fully saturated rings. The van der Waals surface area contributed by atoms with Crippen molar-refractivity contribution in [3.63, 3.8) is 0 Å². The van der Waals surface area contributed by atoms with Crippen LogP contribution in [0.4, 0.5) is 0 Å². The highest BCUT2D eigenvalue weighted by atomic mass is 16.3. The van der Waals surface area contributed by atoms with E-state index in [1.165, 1.54) is 0 Å². The fraction of sp³-hybridized carbons (Fsp3) is 0.423. The maximum atomic E-state index is 12.5. The molecular formula is C26H35N3O2. The largest absolute Gasteiger partial charge is 0.508 e. The van der Waals surface area contributed by atoms with Crippen LogP contribution in [0.15, 0.2) is 61.2 Å². The van der Waals surface area contributed by atoms with Crippen molar-refractivity contribution in [2.75, 3.05) is 33.2 Å². The summed E-state index contributed by atoms with van der Waals surface area (Å²) < 4.78 is 0. The molecule has 1 aliphatic rings. The molecule has 1 amide bonds. The van der Waals surface area contributed by atoms with Crippen LogP contribution < -0.4 is 0 Å². The lowest BCUT2D eigenvalue weighted by Crippen LogP contribution is -2.57. The van der Waals surface area contributed by atoms with E-state index in [0.717, 1.165) is 30.8 Å². The van der Waals surface area contributed by atoms with Gasteiger partial charge in [0.1, 0.15) is 5.75 Å². The van der Waals surface area contributed by atoms with Crippen LogP contribution in [0.2, 0.25) is 0 Å². The standard InChI is InChI=1S/C26H35N3O2/c1-6-15-28-17-20(4)29(18-19(28)3)25(23-9-8-10-24(30)16-23)21-11-13-22(14-12-21)26(31)27(5)7-2/h6,8-14,16,19-20,25,30H,1,7,15,17-18H2,2-5H3/t19-,20-,25+/m0/s1. The molecule has 0 aliphatic carbocycles. The maximum absolute atomic E-state index is 12.5. The van der Waals surface area contributed by atoms with Crippen LogP contribution in [0.1, 0.15) is 48.3 Å². The minimum absolute atomic E-state index is 0.00323. The first-order valence-electron chi connectivity index (χ1n) is 11.1. The van der Waals surface area contributed by atoms with Gasteiger partial charge in [-0.25, -0.2) is 0 Å². The summed E-state index contributed by atoms with van der Waals surface area (Å²) in [5.41, 5.74) is 2.87. The van der Waals surface area contributed by atoms with Gasteiger partial charge in [0, 0.05) is 50.9 Å². The zero-order chi connectivity index (χ0) is 22.5. The van der Waals surface area contributed by atoms with Gasteiger partial charge in [-0.15, -0.1) is 6.58 Å². The van der Waals surface area contributed by atoms with Gasteiger partial charge in [-0.1, -0.05) is 30.3 Å². The summed E-state index contributed by atoms with van der Waals surface area (Å²) in [6, 6.07) is 16.2. The second-order valence-electron chi connectivity index (χ2n) is 8.58. The molecule has 166 valence electrons. The maximum Gasteiger partial charge on any atom is 0.253 e. The minimum atomic E-state index is 0.00323. The summed E-state index contributed by atoms with van der Waals surface area (Å²) >= 11 is 0. The molecule has 0 spiro atoms. The van der Waals surface area contributed by atoms with E-state index in [-0.39, 0.29) is 17.7 Å². The fourth-order valence-corrected chi connectivity index (χ4v) is 4.45. The van der Waals surface area contributed by atoms with Gasteiger partial charge in [0.25, 0.3) is 5.91 Å². The van der Waals surface area contributed by atoms with Gasteiger partial charge in [-0.2, -0.15) is 0 Å². The van der Waals surface area contributed by atoms with Crippen molar-refractivity contribution in [1.29, 1.82) is 0 Å². The first kappa shape index (κ1) is 23.0. The van der Waals surface area contributed by atoms with Crippen LogP contribution >= 0.6 is 0 Å². The second kappa shape index (κ2) is 10.1. The number of carbonyl (C=O) groups is 1. The lowest BCUT2D eigenvalue weighted by molar-refractivity contribution is 0.0306. The van der Waals surface area contributed by atoms with E-state index in [1.807, 2.05) is 44.3 Å². The van der Waals surface area contributed by atoms with Crippen molar-refractivity contribution in [2.24, 2.45) is 0 Å². The van der Waals surface area contributed by atoms with Crippen LogP contribution in [0.5, 0.6) is 5.75 Å². The van der Waals surface area contributed by atoms with Crippen molar-refractivity contribution in [2.45, 2.75) is 38.9 Å². The molecule has 3 atom stereocenters. The van der Waals surface area contributed by atoms with Crippen LogP contribution in [0, 0.1) is 0 Å². The first-order chi connectivity index (χ1) is 14.8. The summed E-state index contributed by atoms with van der Waals surface area (Å²) in [7, 11) is 1.82. The zero-order valence-corrected chi connectivity index (χ0v) is 19.2. The summed E-state index contributed by atoms with van der Waals surface area (Å²) in [6.07, 6.45) is 1.97. The Kier molecular flexibility index (Phi) is 7.52. The number of hydrogen-bond acceptors (Lipinski definition) is 4. The average molecular weight is 422 g/mol. The molecule has 2 aromatic carbocycles. The molecule has 1 heterocycles. The number of hydrogen-bond donors (Lipinski definition) is 1. The molecule has 3 rings (SSSR count).